The van der Waals surface area contributed by atoms with Crippen LogP contribution < -0.4 is 10.6 Å². The summed E-state index contributed by atoms with van der Waals surface area (Å²) in [6.07, 6.45) is 0.213. The Morgan fingerprint density at radius 3 is 2.43 bits per heavy atom. The zero-order valence-electron chi connectivity index (χ0n) is 13.1. The highest BCUT2D eigenvalue weighted by Crippen LogP contribution is 2.30. The molecule has 1 rings (SSSR count). The highest BCUT2D eigenvalue weighted by atomic mass is 16.5. The van der Waals surface area contributed by atoms with E-state index < -0.39 is 16.9 Å². The monoisotopic (exact) mass is 297 g/mol. The van der Waals surface area contributed by atoms with Crippen molar-refractivity contribution in [2.45, 2.75) is 46.6 Å². The molecule has 0 aliphatic rings. The molecule has 0 saturated heterocycles. The van der Waals surface area contributed by atoms with Crippen LogP contribution in [-0.2, 0) is 9.59 Å². The second-order valence-electron chi connectivity index (χ2n) is 6.10. The van der Waals surface area contributed by atoms with E-state index in [1.165, 1.54) is 0 Å². The van der Waals surface area contributed by atoms with Crippen molar-refractivity contribution in [1.82, 2.24) is 10.5 Å². The first-order valence-electron chi connectivity index (χ1n) is 6.78. The molecule has 21 heavy (non-hydrogen) atoms. The summed E-state index contributed by atoms with van der Waals surface area (Å²) in [6, 6.07) is 1.63. The first-order chi connectivity index (χ1) is 9.56. The molecule has 0 unspecified atom stereocenters. The summed E-state index contributed by atoms with van der Waals surface area (Å²) in [5, 5.41) is 18.6. The maximum Gasteiger partial charge on any atom is 0.310 e. The Balaban J connectivity index is 2.45. The fourth-order valence-corrected chi connectivity index (χ4v) is 1.61. The highest BCUT2D eigenvalue weighted by molar-refractivity contribution is 5.89. The van der Waals surface area contributed by atoms with E-state index in [2.05, 4.69) is 15.8 Å². The van der Waals surface area contributed by atoms with Gasteiger partial charge in [0.2, 0.25) is 5.91 Å². The van der Waals surface area contributed by atoms with E-state index in [4.69, 9.17) is 4.52 Å². The lowest BCUT2D eigenvalue weighted by atomic mass is 9.74. The van der Waals surface area contributed by atoms with Crippen molar-refractivity contribution in [3.8, 4) is 0 Å². The number of aromatic nitrogens is 1. The Labute approximate surface area is 124 Å². The van der Waals surface area contributed by atoms with Crippen LogP contribution in [0.3, 0.4) is 0 Å². The van der Waals surface area contributed by atoms with Gasteiger partial charge in [-0.2, -0.15) is 0 Å². The van der Waals surface area contributed by atoms with Gasteiger partial charge < -0.3 is 20.3 Å². The lowest BCUT2D eigenvalue weighted by Gasteiger charge is -2.39. The van der Waals surface area contributed by atoms with Crippen LogP contribution in [-0.4, -0.2) is 34.2 Å². The van der Waals surface area contributed by atoms with Gasteiger partial charge >= 0.3 is 5.97 Å². The van der Waals surface area contributed by atoms with E-state index in [9.17, 15) is 14.7 Å². The van der Waals surface area contributed by atoms with Gasteiger partial charge in [-0.1, -0.05) is 5.16 Å². The zero-order valence-corrected chi connectivity index (χ0v) is 13.1. The first-order valence-corrected chi connectivity index (χ1v) is 6.78. The minimum Gasteiger partial charge on any atom is -0.481 e. The quantitative estimate of drug-likeness (QED) is 0.708. The number of anilines is 1. The molecule has 1 amide bonds. The number of carbonyl (C=O) groups is 2. The molecule has 1 aromatic rings. The smallest absolute Gasteiger partial charge is 0.310 e. The zero-order chi connectivity index (χ0) is 16.3. The summed E-state index contributed by atoms with van der Waals surface area (Å²) in [7, 11) is 0. The van der Waals surface area contributed by atoms with E-state index in [0.717, 1.165) is 0 Å². The van der Waals surface area contributed by atoms with Crippen LogP contribution in [0, 0.1) is 12.3 Å². The molecule has 0 atom stereocenters. The summed E-state index contributed by atoms with van der Waals surface area (Å²) in [5.74, 6) is -0.0994. The lowest BCUT2D eigenvalue weighted by Crippen LogP contribution is -2.55. The topological polar surface area (TPSA) is 104 Å². The number of carbonyl (C=O) groups excluding carboxylic acids is 1. The molecule has 7 nitrogen and oxygen atoms in total. The van der Waals surface area contributed by atoms with Gasteiger partial charge in [-0.15, -0.1) is 0 Å². The number of amides is 1. The molecular formula is C14H23N3O4. The van der Waals surface area contributed by atoms with Crippen molar-refractivity contribution in [2.75, 3.05) is 11.9 Å². The minimum atomic E-state index is -0.952. The number of aryl methyl sites for hydroxylation is 1. The lowest BCUT2D eigenvalue weighted by molar-refractivity contribution is -0.151. The molecule has 7 heteroatoms. The SMILES string of the molecule is Cc1cc(NC(=O)CCNC(C)(C)C(C)(C)C(=O)O)no1. The summed E-state index contributed by atoms with van der Waals surface area (Å²) in [4.78, 5) is 23.0. The predicted octanol–water partition coefficient (Wildman–Crippen LogP) is 1.79. The number of nitrogens with one attached hydrogen (secondary N) is 2. The van der Waals surface area contributed by atoms with Crippen LogP contribution in [0.1, 0.15) is 39.9 Å². The van der Waals surface area contributed by atoms with Crippen LogP contribution in [0.15, 0.2) is 10.6 Å². The summed E-state index contributed by atoms with van der Waals surface area (Å²) in [6.45, 7) is 9.02. The summed E-state index contributed by atoms with van der Waals surface area (Å²) >= 11 is 0. The molecule has 0 aliphatic heterocycles. The Morgan fingerprint density at radius 2 is 1.95 bits per heavy atom. The average molecular weight is 297 g/mol. The van der Waals surface area contributed by atoms with Gasteiger partial charge in [-0.3, -0.25) is 9.59 Å². The van der Waals surface area contributed by atoms with Gasteiger partial charge in [0.1, 0.15) is 5.76 Å². The molecular weight excluding hydrogens is 274 g/mol. The van der Waals surface area contributed by atoms with E-state index in [0.29, 0.717) is 18.1 Å². The van der Waals surface area contributed by atoms with Crippen molar-refractivity contribution < 1.29 is 19.2 Å². The molecule has 0 aromatic carbocycles. The fraction of sp³-hybridized carbons (Fsp3) is 0.643. The highest BCUT2D eigenvalue weighted by Gasteiger charge is 2.42. The van der Waals surface area contributed by atoms with Crippen molar-refractivity contribution in [3.63, 3.8) is 0 Å². The third-order valence-electron chi connectivity index (χ3n) is 3.91. The molecule has 0 fully saturated rings. The van der Waals surface area contributed by atoms with Crippen LogP contribution in [0.25, 0.3) is 0 Å². The van der Waals surface area contributed by atoms with Crippen molar-refractivity contribution in [3.05, 3.63) is 11.8 Å². The number of hydrogen-bond donors (Lipinski definition) is 3. The van der Waals surface area contributed by atoms with E-state index in [1.54, 1.807) is 40.7 Å². The molecule has 3 N–H and O–H groups in total. The Morgan fingerprint density at radius 1 is 1.33 bits per heavy atom. The first kappa shape index (κ1) is 17.2. The van der Waals surface area contributed by atoms with Crippen molar-refractivity contribution >= 4 is 17.7 Å². The molecule has 0 saturated carbocycles. The molecule has 0 bridgehead atoms. The normalized spacial score (nSPS) is 12.2. The third-order valence-corrected chi connectivity index (χ3v) is 3.91. The van der Waals surface area contributed by atoms with Gasteiger partial charge in [0, 0.05) is 24.6 Å². The maximum atomic E-state index is 11.7. The van der Waals surface area contributed by atoms with E-state index in [-0.39, 0.29) is 12.3 Å². The number of nitrogens with zero attached hydrogens (tertiary/aromatic N) is 1. The van der Waals surface area contributed by atoms with E-state index >= 15 is 0 Å². The van der Waals surface area contributed by atoms with Crippen LogP contribution in [0.4, 0.5) is 5.82 Å². The Hall–Kier alpha value is -1.89. The predicted molar refractivity (Wildman–Crippen MR) is 78.0 cm³/mol. The second-order valence-corrected chi connectivity index (χ2v) is 6.10. The fourth-order valence-electron chi connectivity index (χ4n) is 1.61. The number of carboxylic acid groups (broad SMARTS) is 1. The number of hydrogen-bond acceptors (Lipinski definition) is 5. The van der Waals surface area contributed by atoms with Crippen LogP contribution in [0.5, 0.6) is 0 Å². The molecule has 0 radical (unpaired) electrons. The van der Waals surface area contributed by atoms with E-state index in [1.807, 2.05) is 0 Å². The minimum absolute atomic E-state index is 0.209. The van der Waals surface area contributed by atoms with Crippen molar-refractivity contribution in [1.29, 1.82) is 0 Å². The number of carboxylic acids is 1. The number of rotatable bonds is 7. The molecule has 118 valence electrons. The number of aliphatic carboxylic acids is 1. The molecule has 1 aromatic heterocycles. The average Bonchev–Trinajstić information content (AvgIpc) is 2.73. The van der Waals surface area contributed by atoms with Gasteiger partial charge in [-0.25, -0.2) is 0 Å². The molecule has 1 heterocycles. The Bertz CT molecular complexity index is 520. The summed E-state index contributed by atoms with van der Waals surface area (Å²) in [5.41, 5.74) is -1.60. The van der Waals surface area contributed by atoms with Gasteiger partial charge in [0.05, 0.1) is 5.41 Å². The largest absolute Gasteiger partial charge is 0.481 e. The molecule has 0 aliphatic carbocycles. The standard InChI is InChI=1S/C14H23N3O4/c1-9-8-10(17-21-9)16-11(18)6-7-15-14(4,5)13(2,3)12(19)20/h8,15H,6-7H2,1-5H3,(H,19,20)(H,16,17,18). The second kappa shape index (κ2) is 6.26. The van der Waals surface area contributed by atoms with Gasteiger partial charge in [0.15, 0.2) is 5.82 Å². The van der Waals surface area contributed by atoms with Gasteiger partial charge in [0.25, 0.3) is 0 Å². The van der Waals surface area contributed by atoms with Crippen LogP contribution in [0.2, 0.25) is 0 Å². The Kier molecular flexibility index (Phi) is 5.11. The molecule has 0 spiro atoms. The van der Waals surface area contributed by atoms with Gasteiger partial charge in [-0.05, 0) is 34.6 Å². The third kappa shape index (κ3) is 4.29. The van der Waals surface area contributed by atoms with Crippen LogP contribution >= 0.6 is 0 Å². The van der Waals surface area contributed by atoms with Crippen molar-refractivity contribution in [2.24, 2.45) is 5.41 Å². The maximum absolute atomic E-state index is 11.7. The summed E-state index contributed by atoms with van der Waals surface area (Å²) < 4.78 is 4.85.